The third-order valence-corrected chi connectivity index (χ3v) is 3.63. The van der Waals surface area contributed by atoms with Crippen molar-refractivity contribution in [3.05, 3.63) is 70.3 Å². The molecule has 0 unspecified atom stereocenters. The molecule has 3 aromatic rings. The zero-order valence-electron chi connectivity index (χ0n) is 13.0. The predicted octanol–water partition coefficient (Wildman–Crippen LogP) is 2.22. The molecule has 118 valence electrons. The van der Waals surface area contributed by atoms with Crippen LogP contribution in [0, 0.1) is 18.3 Å². The Balaban J connectivity index is 1.88. The molecule has 0 aliphatic heterocycles. The summed E-state index contributed by atoms with van der Waals surface area (Å²) in [4.78, 5) is 29.1. The number of carbonyl (C=O) groups is 1. The number of benzene rings is 2. The highest BCUT2D eigenvalue weighted by atomic mass is 16.2. The molecule has 0 saturated heterocycles. The molecular weight excluding hydrogens is 304 g/mol. The first-order valence-corrected chi connectivity index (χ1v) is 7.34. The van der Waals surface area contributed by atoms with E-state index in [1.165, 1.54) is 4.57 Å². The van der Waals surface area contributed by atoms with Crippen LogP contribution in [-0.2, 0) is 11.3 Å². The van der Waals surface area contributed by atoms with Gasteiger partial charge in [-0.1, -0.05) is 18.2 Å². The van der Waals surface area contributed by atoms with Gasteiger partial charge in [0.15, 0.2) is 0 Å². The van der Waals surface area contributed by atoms with Gasteiger partial charge in [-0.05, 0) is 37.3 Å². The summed E-state index contributed by atoms with van der Waals surface area (Å²) in [6, 6.07) is 15.6. The molecular formula is C18H14N4O2. The fourth-order valence-electron chi connectivity index (χ4n) is 2.48. The first-order valence-electron chi connectivity index (χ1n) is 7.34. The highest BCUT2D eigenvalue weighted by Crippen LogP contribution is 2.11. The molecule has 0 aliphatic carbocycles. The Morgan fingerprint density at radius 2 is 2.04 bits per heavy atom. The van der Waals surface area contributed by atoms with Crippen molar-refractivity contribution in [1.82, 2.24) is 9.55 Å². The standard InChI is InChI=1S/C18H14N4O2/c1-12-20-16-8-3-2-7-15(16)18(24)22(12)11-17(23)21-14-6-4-5-13(9-14)10-19/h2-9H,11H2,1H3,(H,21,23). The van der Waals surface area contributed by atoms with E-state index in [0.717, 1.165) is 0 Å². The van der Waals surface area contributed by atoms with Crippen molar-refractivity contribution in [1.29, 1.82) is 5.26 Å². The summed E-state index contributed by atoms with van der Waals surface area (Å²) >= 11 is 0. The number of para-hydroxylation sites is 1. The van der Waals surface area contributed by atoms with Gasteiger partial charge in [0.25, 0.3) is 5.56 Å². The van der Waals surface area contributed by atoms with Gasteiger partial charge in [-0.3, -0.25) is 14.2 Å². The highest BCUT2D eigenvalue weighted by Gasteiger charge is 2.11. The van der Waals surface area contributed by atoms with Crippen LogP contribution in [0.1, 0.15) is 11.4 Å². The van der Waals surface area contributed by atoms with Crippen LogP contribution >= 0.6 is 0 Å². The number of aromatic nitrogens is 2. The molecule has 0 bridgehead atoms. The minimum absolute atomic E-state index is 0.140. The van der Waals surface area contributed by atoms with Gasteiger partial charge in [0.05, 0.1) is 22.5 Å². The summed E-state index contributed by atoms with van der Waals surface area (Å²) in [6.45, 7) is 1.55. The van der Waals surface area contributed by atoms with E-state index in [1.807, 2.05) is 12.1 Å². The quantitative estimate of drug-likeness (QED) is 0.802. The minimum Gasteiger partial charge on any atom is -0.324 e. The fraction of sp³-hybridized carbons (Fsp3) is 0.111. The summed E-state index contributed by atoms with van der Waals surface area (Å²) in [5.41, 5.74) is 1.32. The van der Waals surface area contributed by atoms with E-state index in [-0.39, 0.29) is 18.0 Å². The smallest absolute Gasteiger partial charge is 0.261 e. The fourth-order valence-corrected chi connectivity index (χ4v) is 2.48. The van der Waals surface area contributed by atoms with Crippen molar-refractivity contribution < 1.29 is 4.79 Å². The maximum atomic E-state index is 12.5. The Morgan fingerprint density at radius 3 is 2.83 bits per heavy atom. The number of nitrogens with zero attached hydrogens (tertiary/aromatic N) is 3. The molecule has 0 atom stereocenters. The molecule has 6 heteroatoms. The number of fused-ring (bicyclic) bond motifs is 1. The van der Waals surface area contributed by atoms with Crippen molar-refractivity contribution in [3.63, 3.8) is 0 Å². The number of hydrogen-bond acceptors (Lipinski definition) is 4. The zero-order valence-corrected chi connectivity index (χ0v) is 13.0. The second-order valence-electron chi connectivity index (χ2n) is 5.31. The van der Waals surface area contributed by atoms with E-state index in [4.69, 9.17) is 5.26 Å². The lowest BCUT2D eigenvalue weighted by Gasteiger charge is -2.11. The lowest BCUT2D eigenvalue weighted by molar-refractivity contribution is -0.116. The number of nitriles is 1. The number of carbonyl (C=O) groups excluding carboxylic acids is 1. The largest absolute Gasteiger partial charge is 0.324 e. The van der Waals surface area contributed by atoms with Crippen molar-refractivity contribution >= 4 is 22.5 Å². The third kappa shape index (κ3) is 3.01. The van der Waals surface area contributed by atoms with Crippen LogP contribution in [0.5, 0.6) is 0 Å². The van der Waals surface area contributed by atoms with Gasteiger partial charge in [-0.2, -0.15) is 5.26 Å². The van der Waals surface area contributed by atoms with E-state index in [0.29, 0.717) is 28.0 Å². The second-order valence-corrected chi connectivity index (χ2v) is 5.31. The van der Waals surface area contributed by atoms with Crippen molar-refractivity contribution in [2.24, 2.45) is 0 Å². The van der Waals surface area contributed by atoms with E-state index in [9.17, 15) is 9.59 Å². The van der Waals surface area contributed by atoms with Crippen LogP contribution < -0.4 is 10.9 Å². The average molecular weight is 318 g/mol. The SMILES string of the molecule is Cc1nc2ccccc2c(=O)n1CC(=O)Nc1cccc(C#N)c1. The molecule has 1 amide bonds. The molecule has 1 heterocycles. The molecule has 0 radical (unpaired) electrons. The third-order valence-electron chi connectivity index (χ3n) is 3.63. The Kier molecular flexibility index (Phi) is 4.08. The monoisotopic (exact) mass is 318 g/mol. The lowest BCUT2D eigenvalue weighted by Crippen LogP contribution is -2.30. The maximum Gasteiger partial charge on any atom is 0.261 e. The summed E-state index contributed by atoms with van der Waals surface area (Å²) in [7, 11) is 0. The molecule has 2 aromatic carbocycles. The first kappa shape index (κ1) is 15.4. The van der Waals surface area contributed by atoms with Crippen LogP contribution in [0.3, 0.4) is 0 Å². The van der Waals surface area contributed by atoms with E-state index < -0.39 is 0 Å². The molecule has 0 spiro atoms. The number of amides is 1. The molecule has 3 rings (SSSR count). The van der Waals surface area contributed by atoms with Gasteiger partial charge >= 0.3 is 0 Å². The van der Waals surface area contributed by atoms with Gasteiger partial charge in [0.1, 0.15) is 12.4 Å². The zero-order chi connectivity index (χ0) is 17.1. The Morgan fingerprint density at radius 1 is 1.25 bits per heavy atom. The molecule has 1 aromatic heterocycles. The van der Waals surface area contributed by atoms with Crippen LogP contribution in [0.25, 0.3) is 10.9 Å². The lowest BCUT2D eigenvalue weighted by atomic mass is 10.2. The predicted molar refractivity (Wildman–Crippen MR) is 90.5 cm³/mol. The topological polar surface area (TPSA) is 87.8 Å². The number of rotatable bonds is 3. The molecule has 24 heavy (non-hydrogen) atoms. The van der Waals surface area contributed by atoms with Crippen molar-refractivity contribution in [2.75, 3.05) is 5.32 Å². The summed E-state index contributed by atoms with van der Waals surface area (Å²) in [5.74, 6) is 0.118. The van der Waals surface area contributed by atoms with E-state index >= 15 is 0 Å². The van der Waals surface area contributed by atoms with E-state index in [1.54, 1.807) is 49.4 Å². The number of anilines is 1. The summed E-state index contributed by atoms with van der Waals surface area (Å²) in [5, 5.41) is 12.1. The maximum absolute atomic E-state index is 12.5. The summed E-state index contributed by atoms with van der Waals surface area (Å²) < 4.78 is 1.34. The number of aryl methyl sites for hydroxylation is 1. The van der Waals surface area contributed by atoms with E-state index in [2.05, 4.69) is 10.3 Å². The van der Waals surface area contributed by atoms with Crippen LogP contribution in [0.15, 0.2) is 53.3 Å². The number of nitrogens with one attached hydrogen (secondary N) is 1. The van der Waals surface area contributed by atoms with Crippen molar-refractivity contribution in [3.8, 4) is 6.07 Å². The van der Waals surface area contributed by atoms with Crippen LogP contribution in [-0.4, -0.2) is 15.5 Å². The molecule has 1 N–H and O–H groups in total. The van der Waals surface area contributed by atoms with Gasteiger partial charge < -0.3 is 5.32 Å². The minimum atomic E-state index is -0.354. The van der Waals surface area contributed by atoms with Gasteiger partial charge in [-0.25, -0.2) is 4.98 Å². The molecule has 6 nitrogen and oxygen atoms in total. The molecule has 0 aliphatic rings. The molecule has 0 saturated carbocycles. The Labute approximate surface area is 138 Å². The number of hydrogen-bond donors (Lipinski definition) is 1. The summed E-state index contributed by atoms with van der Waals surface area (Å²) in [6.07, 6.45) is 0. The highest BCUT2D eigenvalue weighted by molar-refractivity contribution is 5.91. The normalized spacial score (nSPS) is 10.3. The van der Waals surface area contributed by atoms with Gasteiger partial charge in [-0.15, -0.1) is 0 Å². The van der Waals surface area contributed by atoms with Gasteiger partial charge in [0, 0.05) is 5.69 Å². The van der Waals surface area contributed by atoms with Crippen LogP contribution in [0.4, 0.5) is 5.69 Å². The molecule has 0 fully saturated rings. The van der Waals surface area contributed by atoms with Gasteiger partial charge in [0.2, 0.25) is 5.91 Å². The Bertz CT molecular complexity index is 1030. The van der Waals surface area contributed by atoms with Crippen LogP contribution in [0.2, 0.25) is 0 Å². The average Bonchev–Trinajstić information content (AvgIpc) is 2.59. The van der Waals surface area contributed by atoms with Crippen molar-refractivity contribution in [2.45, 2.75) is 13.5 Å². The Hall–Kier alpha value is -3.46. The second kappa shape index (κ2) is 6.34. The first-order chi connectivity index (χ1) is 11.6.